The maximum atomic E-state index is 4.70. The van der Waals surface area contributed by atoms with Crippen LogP contribution in [0, 0.1) is 5.41 Å². The molecule has 0 aliphatic rings. The van der Waals surface area contributed by atoms with Gasteiger partial charge < -0.3 is 0 Å². The molecule has 2 heteroatoms. The molecule has 0 aliphatic heterocycles. The van der Waals surface area contributed by atoms with Crippen LogP contribution in [0.5, 0.6) is 0 Å². The highest BCUT2D eigenvalue weighted by atomic mass is 14.8. The van der Waals surface area contributed by atoms with Crippen LogP contribution in [-0.4, -0.2) is 10.7 Å². The molecule has 16 heavy (non-hydrogen) atoms. The maximum absolute atomic E-state index is 4.70. The van der Waals surface area contributed by atoms with Gasteiger partial charge in [-0.2, -0.15) is 0 Å². The van der Waals surface area contributed by atoms with Crippen LogP contribution in [-0.2, 0) is 0 Å². The summed E-state index contributed by atoms with van der Waals surface area (Å²) in [5, 5.41) is 0. The predicted molar refractivity (Wildman–Crippen MR) is 71.2 cm³/mol. The third kappa shape index (κ3) is 3.02. The Morgan fingerprint density at radius 3 is 2.69 bits per heavy atom. The Morgan fingerprint density at radius 2 is 2.19 bits per heavy atom. The molecule has 0 amide bonds. The van der Waals surface area contributed by atoms with Gasteiger partial charge in [-0.3, -0.25) is 9.98 Å². The minimum atomic E-state index is 0.100. The van der Waals surface area contributed by atoms with Crippen LogP contribution in [0.15, 0.2) is 29.9 Å². The third-order valence-electron chi connectivity index (χ3n) is 2.47. The first kappa shape index (κ1) is 12.6. The fourth-order valence-corrected chi connectivity index (χ4v) is 1.58. The predicted octanol–water partition coefficient (Wildman–Crippen LogP) is 4.25. The van der Waals surface area contributed by atoms with E-state index in [0.717, 1.165) is 17.8 Å². The fourth-order valence-electron chi connectivity index (χ4n) is 1.58. The topological polar surface area (TPSA) is 25.2 Å². The first-order valence-electron chi connectivity index (χ1n) is 5.64. The van der Waals surface area contributed by atoms with Crippen LogP contribution in [0.3, 0.4) is 0 Å². The van der Waals surface area contributed by atoms with Crippen molar-refractivity contribution in [3.8, 4) is 0 Å². The summed E-state index contributed by atoms with van der Waals surface area (Å²) in [6.07, 6.45) is 4.46. The largest absolute Gasteiger partial charge is 0.255 e. The van der Waals surface area contributed by atoms with Crippen LogP contribution in [0.4, 0.5) is 5.69 Å². The van der Waals surface area contributed by atoms with Crippen LogP contribution in [0.1, 0.15) is 39.8 Å². The lowest BCUT2D eigenvalue weighted by Crippen LogP contribution is -2.19. The minimum absolute atomic E-state index is 0.100. The molecule has 0 radical (unpaired) electrons. The van der Waals surface area contributed by atoms with Crippen LogP contribution >= 0.6 is 0 Å². The van der Waals surface area contributed by atoms with Crippen molar-refractivity contribution in [1.82, 2.24) is 4.98 Å². The van der Waals surface area contributed by atoms with Gasteiger partial charge in [0.1, 0.15) is 0 Å². The van der Waals surface area contributed by atoms with Gasteiger partial charge in [0, 0.05) is 17.3 Å². The first-order chi connectivity index (χ1) is 7.49. The molecule has 0 aliphatic carbocycles. The highest BCUT2D eigenvalue weighted by Crippen LogP contribution is 2.24. The first-order valence-corrected chi connectivity index (χ1v) is 5.64. The summed E-state index contributed by atoms with van der Waals surface area (Å²) in [7, 11) is 0. The van der Waals surface area contributed by atoms with E-state index in [0.29, 0.717) is 0 Å². The van der Waals surface area contributed by atoms with Crippen LogP contribution < -0.4 is 0 Å². The second-order valence-corrected chi connectivity index (χ2v) is 4.77. The Hall–Kier alpha value is -1.44. The summed E-state index contributed by atoms with van der Waals surface area (Å²) in [6.45, 7) is 12.4. The molecule has 0 aromatic carbocycles. The molecule has 0 saturated carbocycles. The van der Waals surface area contributed by atoms with Crippen molar-refractivity contribution in [2.24, 2.45) is 10.4 Å². The quantitative estimate of drug-likeness (QED) is 0.693. The highest BCUT2D eigenvalue weighted by Gasteiger charge is 2.17. The molecular formula is C14H20N2. The molecule has 1 aromatic heterocycles. The molecule has 1 rings (SSSR count). The number of hydrogen-bond donors (Lipinski definition) is 0. The SMILES string of the molecule is C=Cc1ncccc1N=C(CC)C(C)(C)C. The molecular weight excluding hydrogens is 196 g/mol. The normalized spacial score (nSPS) is 12.6. The van der Waals surface area contributed by atoms with E-state index in [1.165, 1.54) is 5.71 Å². The Kier molecular flexibility index (Phi) is 3.99. The van der Waals surface area contributed by atoms with Crippen LogP contribution in [0.2, 0.25) is 0 Å². The van der Waals surface area contributed by atoms with Gasteiger partial charge >= 0.3 is 0 Å². The standard InChI is InChI=1S/C14H20N2/c1-6-11-12(9-8-10-15-11)16-13(7-2)14(3,4)5/h6,8-10H,1,7H2,2-5H3. The highest BCUT2D eigenvalue weighted by molar-refractivity contribution is 5.91. The molecule has 0 bridgehead atoms. The van der Waals surface area contributed by atoms with Crippen molar-refractivity contribution in [2.45, 2.75) is 34.1 Å². The number of hydrogen-bond acceptors (Lipinski definition) is 2. The monoisotopic (exact) mass is 216 g/mol. The second-order valence-electron chi connectivity index (χ2n) is 4.77. The van der Waals surface area contributed by atoms with Gasteiger partial charge in [0.05, 0.1) is 11.4 Å². The van der Waals surface area contributed by atoms with E-state index < -0.39 is 0 Å². The lowest BCUT2D eigenvalue weighted by Gasteiger charge is -2.20. The summed E-state index contributed by atoms with van der Waals surface area (Å²) >= 11 is 0. The van der Waals surface area contributed by atoms with Crippen LogP contribution in [0.25, 0.3) is 6.08 Å². The van der Waals surface area contributed by atoms with Gasteiger partial charge in [-0.25, -0.2) is 0 Å². The van der Waals surface area contributed by atoms with E-state index in [9.17, 15) is 0 Å². The van der Waals surface area contributed by atoms with Crippen molar-refractivity contribution in [3.05, 3.63) is 30.6 Å². The molecule has 0 saturated heterocycles. The molecule has 0 N–H and O–H groups in total. The smallest absolute Gasteiger partial charge is 0.0886 e. The Bertz CT molecular complexity index is 397. The lowest BCUT2D eigenvalue weighted by molar-refractivity contribution is 0.580. The van der Waals surface area contributed by atoms with Gasteiger partial charge in [0.2, 0.25) is 0 Å². The number of rotatable bonds is 3. The molecule has 0 fully saturated rings. The molecule has 0 unspecified atom stereocenters. The molecule has 1 heterocycles. The lowest BCUT2D eigenvalue weighted by atomic mass is 9.88. The van der Waals surface area contributed by atoms with E-state index in [-0.39, 0.29) is 5.41 Å². The fraction of sp³-hybridized carbons (Fsp3) is 0.429. The zero-order valence-electron chi connectivity index (χ0n) is 10.6. The van der Waals surface area contributed by atoms with Gasteiger partial charge in [-0.05, 0) is 24.6 Å². The molecule has 0 atom stereocenters. The molecule has 2 nitrogen and oxygen atoms in total. The summed E-state index contributed by atoms with van der Waals surface area (Å²) in [5.41, 5.74) is 3.04. The van der Waals surface area contributed by atoms with E-state index in [2.05, 4.69) is 39.3 Å². The number of aromatic nitrogens is 1. The van der Waals surface area contributed by atoms with Crippen molar-refractivity contribution in [3.63, 3.8) is 0 Å². The third-order valence-corrected chi connectivity index (χ3v) is 2.47. The molecule has 86 valence electrons. The van der Waals surface area contributed by atoms with Crippen molar-refractivity contribution in [2.75, 3.05) is 0 Å². The molecule has 0 spiro atoms. The van der Waals surface area contributed by atoms with Crippen molar-refractivity contribution < 1.29 is 0 Å². The average Bonchev–Trinajstić information content (AvgIpc) is 2.24. The van der Waals surface area contributed by atoms with E-state index in [4.69, 9.17) is 4.99 Å². The minimum Gasteiger partial charge on any atom is -0.255 e. The van der Waals surface area contributed by atoms with Crippen molar-refractivity contribution in [1.29, 1.82) is 0 Å². The van der Waals surface area contributed by atoms with Gasteiger partial charge in [-0.15, -0.1) is 0 Å². The average molecular weight is 216 g/mol. The summed E-state index contributed by atoms with van der Waals surface area (Å²) in [5.74, 6) is 0. The van der Waals surface area contributed by atoms with Gasteiger partial charge in [-0.1, -0.05) is 34.3 Å². The van der Waals surface area contributed by atoms with E-state index in [1.54, 1.807) is 12.3 Å². The van der Waals surface area contributed by atoms with E-state index >= 15 is 0 Å². The zero-order valence-corrected chi connectivity index (χ0v) is 10.6. The number of aliphatic imine (C=N–C) groups is 1. The number of pyridine rings is 1. The summed E-state index contributed by atoms with van der Waals surface area (Å²) < 4.78 is 0. The number of nitrogens with zero attached hydrogens (tertiary/aromatic N) is 2. The Labute approximate surface area is 98.1 Å². The summed E-state index contributed by atoms with van der Waals surface area (Å²) in [6, 6.07) is 3.88. The van der Waals surface area contributed by atoms with Gasteiger partial charge in [0.25, 0.3) is 0 Å². The Balaban J connectivity index is 3.19. The second kappa shape index (κ2) is 5.06. The Morgan fingerprint density at radius 1 is 1.50 bits per heavy atom. The summed E-state index contributed by atoms with van der Waals surface area (Å²) in [4.78, 5) is 8.94. The zero-order chi connectivity index (χ0) is 12.2. The maximum Gasteiger partial charge on any atom is 0.0886 e. The van der Waals surface area contributed by atoms with Gasteiger partial charge in [0.15, 0.2) is 0 Å². The van der Waals surface area contributed by atoms with Crippen molar-refractivity contribution >= 4 is 17.5 Å². The van der Waals surface area contributed by atoms with E-state index in [1.807, 2.05) is 12.1 Å². The molecule has 1 aromatic rings.